The quantitative estimate of drug-likeness (QED) is 0.596. The van der Waals surface area contributed by atoms with Gasteiger partial charge < -0.3 is 9.26 Å². The van der Waals surface area contributed by atoms with Crippen molar-refractivity contribution >= 4 is 5.69 Å². The van der Waals surface area contributed by atoms with E-state index in [1.54, 1.807) is 13.0 Å². The van der Waals surface area contributed by atoms with Gasteiger partial charge in [0.15, 0.2) is 5.82 Å². The number of nitro groups is 1. The van der Waals surface area contributed by atoms with Crippen LogP contribution in [-0.2, 0) is 0 Å². The van der Waals surface area contributed by atoms with Crippen molar-refractivity contribution in [1.29, 1.82) is 0 Å². The van der Waals surface area contributed by atoms with Crippen molar-refractivity contribution in [2.24, 2.45) is 0 Å². The first-order valence-electron chi connectivity index (χ1n) is 4.75. The molecule has 1 heterocycles. The van der Waals surface area contributed by atoms with Crippen LogP contribution in [0.5, 0.6) is 5.75 Å². The van der Waals surface area contributed by atoms with Gasteiger partial charge >= 0.3 is 5.69 Å². The Labute approximate surface area is 96.2 Å². The highest BCUT2D eigenvalue weighted by Gasteiger charge is 2.22. The van der Waals surface area contributed by atoms with E-state index in [0.29, 0.717) is 11.4 Å². The molecule has 0 atom stereocenters. The number of aryl methyl sites for hydroxylation is 1. The Bertz CT molecular complexity index is 564. The first kappa shape index (κ1) is 11.1. The molecule has 2 aromatic rings. The van der Waals surface area contributed by atoms with Crippen LogP contribution in [0.25, 0.3) is 11.5 Å². The first-order valence-corrected chi connectivity index (χ1v) is 4.75. The Balaban J connectivity index is 2.61. The third kappa shape index (κ3) is 1.94. The van der Waals surface area contributed by atoms with E-state index in [9.17, 15) is 10.1 Å². The summed E-state index contributed by atoms with van der Waals surface area (Å²) in [5, 5.41) is 14.5. The van der Waals surface area contributed by atoms with Gasteiger partial charge in [0.2, 0.25) is 5.75 Å². The SMILES string of the molecule is COc1c(-c2nc(C)no2)cccc1[N+](=O)[O-]. The minimum Gasteiger partial charge on any atom is -0.490 e. The van der Waals surface area contributed by atoms with E-state index in [0.717, 1.165) is 0 Å². The third-order valence-electron chi connectivity index (χ3n) is 2.15. The molecule has 88 valence electrons. The second-order valence-corrected chi connectivity index (χ2v) is 3.26. The number of ether oxygens (including phenoxy) is 1. The van der Waals surface area contributed by atoms with Crippen LogP contribution in [0.1, 0.15) is 5.82 Å². The topological polar surface area (TPSA) is 91.3 Å². The van der Waals surface area contributed by atoms with Gasteiger partial charge in [0.1, 0.15) is 0 Å². The van der Waals surface area contributed by atoms with Crippen LogP contribution in [0, 0.1) is 17.0 Å². The van der Waals surface area contributed by atoms with Crippen LogP contribution in [0.3, 0.4) is 0 Å². The number of methoxy groups -OCH3 is 1. The van der Waals surface area contributed by atoms with Gasteiger partial charge in [0.25, 0.3) is 5.89 Å². The molecule has 0 fully saturated rings. The van der Waals surface area contributed by atoms with E-state index in [1.807, 2.05) is 0 Å². The number of hydrogen-bond acceptors (Lipinski definition) is 6. The smallest absolute Gasteiger partial charge is 0.311 e. The molecule has 0 N–H and O–H groups in total. The number of nitrogens with zero attached hydrogens (tertiary/aromatic N) is 3. The molecule has 1 aromatic heterocycles. The maximum absolute atomic E-state index is 10.8. The molecule has 7 heteroatoms. The average Bonchev–Trinajstić information content (AvgIpc) is 2.74. The molecule has 0 radical (unpaired) electrons. The van der Waals surface area contributed by atoms with Crippen molar-refractivity contribution in [2.45, 2.75) is 6.92 Å². The lowest BCUT2D eigenvalue weighted by Crippen LogP contribution is -1.95. The van der Waals surface area contributed by atoms with Crippen LogP contribution in [-0.4, -0.2) is 22.2 Å². The Morgan fingerprint density at radius 1 is 1.47 bits per heavy atom. The fourth-order valence-electron chi connectivity index (χ4n) is 1.46. The van der Waals surface area contributed by atoms with Crippen molar-refractivity contribution in [3.05, 3.63) is 34.1 Å². The molecule has 0 aliphatic heterocycles. The molecule has 0 bridgehead atoms. The number of aromatic nitrogens is 2. The summed E-state index contributed by atoms with van der Waals surface area (Å²) in [7, 11) is 1.36. The monoisotopic (exact) mass is 235 g/mol. The minimum absolute atomic E-state index is 0.112. The lowest BCUT2D eigenvalue weighted by atomic mass is 10.1. The Hall–Kier alpha value is -2.44. The molecule has 0 aliphatic rings. The summed E-state index contributed by atoms with van der Waals surface area (Å²) in [4.78, 5) is 14.3. The number of hydrogen-bond donors (Lipinski definition) is 0. The molecular weight excluding hydrogens is 226 g/mol. The zero-order valence-corrected chi connectivity index (χ0v) is 9.21. The lowest BCUT2D eigenvalue weighted by Gasteiger charge is -2.04. The number of benzene rings is 1. The number of rotatable bonds is 3. The molecule has 17 heavy (non-hydrogen) atoms. The molecule has 0 unspecified atom stereocenters. The maximum Gasteiger partial charge on any atom is 0.311 e. The Morgan fingerprint density at radius 2 is 2.24 bits per heavy atom. The van der Waals surface area contributed by atoms with Crippen LogP contribution in [0.2, 0.25) is 0 Å². The zero-order valence-electron chi connectivity index (χ0n) is 9.21. The highest BCUT2D eigenvalue weighted by Crippen LogP contribution is 2.36. The van der Waals surface area contributed by atoms with Crippen LogP contribution in [0.15, 0.2) is 22.7 Å². The summed E-state index contributed by atoms with van der Waals surface area (Å²) in [6, 6.07) is 4.51. The largest absolute Gasteiger partial charge is 0.490 e. The Kier molecular flexibility index (Phi) is 2.73. The second-order valence-electron chi connectivity index (χ2n) is 3.26. The van der Waals surface area contributed by atoms with Gasteiger partial charge in [0, 0.05) is 6.07 Å². The highest BCUT2D eigenvalue weighted by molar-refractivity contribution is 5.69. The van der Waals surface area contributed by atoms with E-state index in [2.05, 4.69) is 10.1 Å². The first-order chi connectivity index (χ1) is 8.13. The van der Waals surface area contributed by atoms with E-state index in [4.69, 9.17) is 9.26 Å². The minimum atomic E-state index is -0.522. The fraction of sp³-hybridized carbons (Fsp3) is 0.200. The predicted molar refractivity (Wildman–Crippen MR) is 57.7 cm³/mol. The van der Waals surface area contributed by atoms with Crippen molar-refractivity contribution < 1.29 is 14.2 Å². The summed E-state index contributed by atoms with van der Waals surface area (Å²) in [6.45, 7) is 1.66. The van der Waals surface area contributed by atoms with Gasteiger partial charge in [-0.05, 0) is 13.0 Å². The normalized spacial score (nSPS) is 10.2. The summed E-state index contributed by atoms with van der Waals surface area (Å²) in [5.41, 5.74) is 0.267. The number of para-hydroxylation sites is 1. The summed E-state index contributed by atoms with van der Waals surface area (Å²) < 4.78 is 10.00. The molecule has 0 amide bonds. The highest BCUT2D eigenvalue weighted by atomic mass is 16.6. The summed E-state index contributed by atoms with van der Waals surface area (Å²) in [6.07, 6.45) is 0. The van der Waals surface area contributed by atoms with E-state index >= 15 is 0 Å². The van der Waals surface area contributed by atoms with Crippen molar-refractivity contribution in [3.8, 4) is 17.2 Å². The molecule has 0 saturated carbocycles. The third-order valence-corrected chi connectivity index (χ3v) is 2.15. The molecular formula is C10H9N3O4. The molecule has 7 nitrogen and oxygen atoms in total. The van der Waals surface area contributed by atoms with E-state index in [-0.39, 0.29) is 17.3 Å². The van der Waals surface area contributed by atoms with Gasteiger partial charge in [-0.1, -0.05) is 11.2 Å². The zero-order chi connectivity index (χ0) is 12.4. The molecule has 1 aromatic carbocycles. The number of nitro benzene ring substituents is 1. The van der Waals surface area contributed by atoms with E-state index in [1.165, 1.54) is 19.2 Å². The van der Waals surface area contributed by atoms with Crippen LogP contribution >= 0.6 is 0 Å². The van der Waals surface area contributed by atoms with Gasteiger partial charge in [-0.2, -0.15) is 4.98 Å². The average molecular weight is 235 g/mol. The lowest BCUT2D eigenvalue weighted by molar-refractivity contribution is -0.385. The van der Waals surface area contributed by atoms with E-state index < -0.39 is 4.92 Å². The standard InChI is InChI=1S/C10H9N3O4/c1-6-11-10(17-12-6)7-4-3-5-8(13(14)15)9(7)16-2/h3-5H,1-2H3. The van der Waals surface area contributed by atoms with Gasteiger partial charge in [0.05, 0.1) is 17.6 Å². The summed E-state index contributed by atoms with van der Waals surface area (Å²) >= 11 is 0. The Morgan fingerprint density at radius 3 is 2.76 bits per heavy atom. The van der Waals surface area contributed by atoms with Gasteiger partial charge in [-0.25, -0.2) is 0 Å². The fourth-order valence-corrected chi connectivity index (χ4v) is 1.46. The van der Waals surface area contributed by atoms with Crippen molar-refractivity contribution in [2.75, 3.05) is 7.11 Å². The van der Waals surface area contributed by atoms with Crippen LogP contribution in [0.4, 0.5) is 5.69 Å². The molecule has 2 rings (SSSR count). The molecule has 0 spiro atoms. The van der Waals surface area contributed by atoms with Crippen molar-refractivity contribution in [3.63, 3.8) is 0 Å². The molecule has 0 aliphatic carbocycles. The summed E-state index contributed by atoms with van der Waals surface area (Å²) in [5.74, 6) is 0.762. The second kappa shape index (κ2) is 4.20. The predicted octanol–water partition coefficient (Wildman–Crippen LogP) is 1.96. The van der Waals surface area contributed by atoms with Gasteiger partial charge in [-0.3, -0.25) is 10.1 Å². The van der Waals surface area contributed by atoms with Crippen molar-refractivity contribution in [1.82, 2.24) is 10.1 Å². The maximum atomic E-state index is 10.8. The van der Waals surface area contributed by atoms with Crippen LogP contribution < -0.4 is 4.74 Å². The van der Waals surface area contributed by atoms with Gasteiger partial charge in [-0.15, -0.1) is 0 Å². The molecule has 0 saturated heterocycles.